The number of thiophene rings is 1. The molecular formula is C68H62N2SSi2. The van der Waals surface area contributed by atoms with Crippen molar-refractivity contribution < 1.29 is 0 Å². The molecule has 0 atom stereocenters. The summed E-state index contributed by atoms with van der Waals surface area (Å²) in [6.45, 7) is 24.1. The molecule has 1 heterocycles. The maximum absolute atomic E-state index is 2.49. The van der Waals surface area contributed by atoms with E-state index in [1.165, 1.54) is 125 Å². The molecule has 1 aromatic heterocycles. The van der Waals surface area contributed by atoms with Crippen LogP contribution in [0.4, 0.5) is 34.1 Å². The first-order valence-corrected chi connectivity index (χ1v) is 33.9. The smallest absolute Gasteiger partial charge is 0.0775 e. The Kier molecular flexibility index (Phi) is 10.2. The molecule has 2 nitrogen and oxygen atoms in total. The maximum atomic E-state index is 2.49. The van der Waals surface area contributed by atoms with E-state index in [4.69, 9.17) is 0 Å². The van der Waals surface area contributed by atoms with Gasteiger partial charge < -0.3 is 9.80 Å². The molecule has 5 heteroatoms. The average molecular weight is 995 g/mol. The lowest BCUT2D eigenvalue weighted by molar-refractivity contribution is 0.660. The predicted molar refractivity (Wildman–Crippen MR) is 325 cm³/mol. The van der Waals surface area contributed by atoms with Gasteiger partial charge in [-0.1, -0.05) is 199 Å². The van der Waals surface area contributed by atoms with Crippen molar-refractivity contribution in [2.24, 2.45) is 0 Å². The van der Waals surface area contributed by atoms with Crippen LogP contribution in [0.25, 0.3) is 64.0 Å². The molecule has 2 aliphatic rings. The first-order chi connectivity index (χ1) is 35.0. The molecule has 358 valence electrons. The minimum absolute atomic E-state index is 0.105. The second-order valence-electron chi connectivity index (χ2n) is 23.8. The molecule has 0 saturated carbocycles. The van der Waals surface area contributed by atoms with E-state index < -0.39 is 16.1 Å². The van der Waals surface area contributed by atoms with Gasteiger partial charge in [0.05, 0.1) is 16.1 Å². The summed E-state index contributed by atoms with van der Waals surface area (Å²) in [5, 5.41) is 10.7. The van der Waals surface area contributed by atoms with Crippen LogP contribution in [0.2, 0.25) is 39.3 Å². The first-order valence-electron chi connectivity index (χ1n) is 26.1. The van der Waals surface area contributed by atoms with Crippen LogP contribution >= 0.6 is 11.3 Å². The highest BCUT2D eigenvalue weighted by atomic mass is 32.1. The summed E-state index contributed by atoms with van der Waals surface area (Å²) in [5.74, 6) is 0. The lowest BCUT2D eigenvalue weighted by Crippen LogP contribution is -2.37. The fraction of sp³-hybridized carbons (Fsp3) is 0.176. The van der Waals surface area contributed by atoms with Crippen LogP contribution in [0.3, 0.4) is 0 Å². The van der Waals surface area contributed by atoms with Gasteiger partial charge >= 0.3 is 0 Å². The third-order valence-electron chi connectivity index (χ3n) is 16.6. The largest absolute Gasteiger partial charge is 0.310 e. The molecule has 2 aliphatic carbocycles. The minimum atomic E-state index is -1.52. The molecule has 73 heavy (non-hydrogen) atoms. The lowest BCUT2D eigenvalue weighted by Gasteiger charge is -2.29. The molecule has 0 unspecified atom stereocenters. The van der Waals surface area contributed by atoms with Crippen LogP contribution in [-0.4, -0.2) is 16.1 Å². The normalized spacial score (nSPS) is 14.4. The molecule has 0 N–H and O–H groups in total. The summed E-state index contributed by atoms with van der Waals surface area (Å²) in [6.07, 6.45) is 0. The van der Waals surface area contributed by atoms with Crippen molar-refractivity contribution in [3.63, 3.8) is 0 Å². The van der Waals surface area contributed by atoms with Crippen molar-refractivity contribution in [1.29, 1.82) is 0 Å². The van der Waals surface area contributed by atoms with E-state index in [2.05, 4.69) is 271 Å². The van der Waals surface area contributed by atoms with Gasteiger partial charge in [0.25, 0.3) is 0 Å². The lowest BCUT2D eigenvalue weighted by atomic mass is 9.82. The van der Waals surface area contributed by atoms with Gasteiger partial charge in [-0.2, -0.15) is 0 Å². The van der Waals surface area contributed by atoms with E-state index in [0.717, 1.165) is 5.69 Å². The second-order valence-corrected chi connectivity index (χ2v) is 35.0. The van der Waals surface area contributed by atoms with Crippen LogP contribution < -0.4 is 20.2 Å². The summed E-state index contributed by atoms with van der Waals surface area (Å²) in [4.78, 5) is 4.98. The predicted octanol–water partition coefficient (Wildman–Crippen LogP) is 19.0. The number of benzene rings is 10. The molecule has 0 amide bonds. The zero-order valence-corrected chi connectivity index (χ0v) is 46.6. The van der Waals surface area contributed by atoms with Crippen molar-refractivity contribution in [2.45, 2.75) is 77.8 Å². The number of nitrogens with zero attached hydrogens (tertiary/aromatic N) is 2. The molecule has 11 aromatic rings. The highest BCUT2D eigenvalue weighted by Crippen LogP contribution is 2.54. The van der Waals surface area contributed by atoms with E-state index in [9.17, 15) is 0 Å². The van der Waals surface area contributed by atoms with Gasteiger partial charge in [0.15, 0.2) is 0 Å². The van der Waals surface area contributed by atoms with E-state index in [-0.39, 0.29) is 10.8 Å². The van der Waals surface area contributed by atoms with Crippen molar-refractivity contribution in [3.8, 4) is 22.3 Å². The number of fused-ring (bicyclic) bond motifs is 14. The minimum Gasteiger partial charge on any atom is -0.310 e. The Labute approximate surface area is 437 Å². The van der Waals surface area contributed by atoms with E-state index in [1.54, 1.807) is 0 Å². The van der Waals surface area contributed by atoms with Crippen LogP contribution in [0.15, 0.2) is 194 Å². The number of hydrogen-bond acceptors (Lipinski definition) is 3. The monoisotopic (exact) mass is 994 g/mol. The molecule has 13 rings (SSSR count). The van der Waals surface area contributed by atoms with E-state index in [1.807, 2.05) is 11.3 Å². The van der Waals surface area contributed by atoms with Gasteiger partial charge in [-0.05, 0) is 133 Å². The summed E-state index contributed by atoms with van der Waals surface area (Å²) >= 11 is 1.93. The first kappa shape index (κ1) is 45.8. The summed E-state index contributed by atoms with van der Waals surface area (Å²) in [6, 6.07) is 74.7. The Morgan fingerprint density at radius 2 is 0.726 bits per heavy atom. The summed E-state index contributed by atoms with van der Waals surface area (Å²) in [5.41, 5.74) is 17.7. The average Bonchev–Trinajstić information content (AvgIpc) is 3.96. The van der Waals surface area contributed by atoms with Crippen LogP contribution in [0, 0.1) is 0 Å². The Balaban J connectivity index is 0.980. The number of anilines is 6. The maximum Gasteiger partial charge on any atom is 0.0775 e. The highest BCUT2D eigenvalue weighted by molar-refractivity contribution is 7.27. The van der Waals surface area contributed by atoms with Gasteiger partial charge in [0.1, 0.15) is 0 Å². The molecule has 0 bridgehead atoms. The zero-order valence-electron chi connectivity index (χ0n) is 43.8. The third-order valence-corrected chi connectivity index (χ3v) is 21.9. The topological polar surface area (TPSA) is 6.48 Å². The van der Waals surface area contributed by atoms with Crippen molar-refractivity contribution in [2.75, 3.05) is 9.80 Å². The van der Waals surface area contributed by atoms with Gasteiger partial charge in [-0.3, -0.25) is 0 Å². The summed E-state index contributed by atoms with van der Waals surface area (Å²) < 4.78 is 2.62. The molecule has 0 radical (unpaired) electrons. The SMILES string of the molecule is CC1(C)c2ccccc2-c2ccc(N(c3ccc([Si](C)(C)C)cc3)c3ccc4c(c3)sc3c5ccc(N(c6ccc([Si](C)(C)C)cc6)c6ccc7c(c6)C(C)(C)c6ccccc6-7)cc5c5ccccc5c43)cc21. The van der Waals surface area contributed by atoms with Crippen molar-refractivity contribution in [1.82, 2.24) is 0 Å². The number of hydrogen-bond donors (Lipinski definition) is 0. The van der Waals surface area contributed by atoms with Crippen LogP contribution in [0.5, 0.6) is 0 Å². The Morgan fingerprint density at radius 3 is 1.23 bits per heavy atom. The Bertz CT molecular complexity index is 4050. The summed E-state index contributed by atoms with van der Waals surface area (Å²) in [7, 11) is -3.03. The van der Waals surface area contributed by atoms with Gasteiger partial charge in [0, 0.05) is 70.5 Å². The molecular weight excluding hydrogens is 933 g/mol. The van der Waals surface area contributed by atoms with Gasteiger partial charge in [-0.15, -0.1) is 11.3 Å². The second kappa shape index (κ2) is 16.2. The molecule has 0 saturated heterocycles. The fourth-order valence-electron chi connectivity index (χ4n) is 12.5. The van der Waals surface area contributed by atoms with Gasteiger partial charge in [-0.25, -0.2) is 0 Å². The fourth-order valence-corrected chi connectivity index (χ4v) is 16.1. The third kappa shape index (κ3) is 7.14. The van der Waals surface area contributed by atoms with E-state index in [0.29, 0.717) is 0 Å². The Hall–Kier alpha value is -7.03. The Morgan fingerprint density at radius 1 is 0.329 bits per heavy atom. The molecule has 0 fully saturated rings. The van der Waals surface area contributed by atoms with Crippen molar-refractivity contribution in [3.05, 3.63) is 216 Å². The highest BCUT2D eigenvalue weighted by Gasteiger charge is 2.37. The number of rotatable bonds is 8. The van der Waals surface area contributed by atoms with Gasteiger partial charge in [0.2, 0.25) is 0 Å². The molecule has 0 spiro atoms. The molecule has 0 aliphatic heterocycles. The van der Waals surface area contributed by atoms with Crippen LogP contribution in [0.1, 0.15) is 49.9 Å². The van der Waals surface area contributed by atoms with E-state index >= 15 is 0 Å². The standard InChI is InChI=1S/C68H62N2SSi2/c1-67(2)60-21-15-13-18-52(60)54-35-27-46(40-62(54)67)69(43-23-31-49(32-24-43)72(5,6)7)45-29-37-57-59(39-45)51-17-11-12-20-56(51)65-58-38-30-48(42-64(58)71-66(57)65)70(44-25-33-50(34-26-44)73(8,9)10)47-28-36-55-53-19-14-16-22-61(53)68(3,4)63(55)41-47/h11-42H,1-10H3. The van der Waals surface area contributed by atoms with Crippen molar-refractivity contribution >= 4 is 114 Å². The zero-order chi connectivity index (χ0) is 50.3. The van der Waals surface area contributed by atoms with Crippen LogP contribution in [-0.2, 0) is 10.8 Å². The molecule has 10 aromatic carbocycles. The quantitative estimate of drug-likeness (QED) is 0.111.